The second-order valence-corrected chi connectivity index (χ2v) is 9.88. The SMILES string of the molecule is CC.CC.CC(C)(c1ccc2c(c1)CN(c1ccccc1)CO2)c1ccc2c(c1)CN(c1ccccc1)CO2. The van der Waals surface area contributed by atoms with E-state index in [2.05, 4.69) is 109 Å². The number of fused-ring (bicyclic) bond motifs is 2. The van der Waals surface area contributed by atoms with Crippen LogP contribution in [0.4, 0.5) is 11.4 Å². The molecule has 0 spiro atoms. The Hall–Kier alpha value is -3.92. The molecule has 4 aromatic carbocycles. The van der Waals surface area contributed by atoms with Crippen LogP contribution in [0.3, 0.4) is 0 Å². The summed E-state index contributed by atoms with van der Waals surface area (Å²) >= 11 is 0. The van der Waals surface area contributed by atoms with E-state index < -0.39 is 0 Å². The van der Waals surface area contributed by atoms with Gasteiger partial charge in [-0.15, -0.1) is 0 Å². The van der Waals surface area contributed by atoms with Crippen LogP contribution < -0.4 is 19.3 Å². The molecule has 4 aromatic rings. The molecule has 0 unspecified atom stereocenters. The zero-order chi connectivity index (χ0) is 27.8. The fourth-order valence-electron chi connectivity index (χ4n) is 5.04. The van der Waals surface area contributed by atoms with Crippen molar-refractivity contribution in [3.8, 4) is 11.5 Å². The fraction of sp³-hybridized carbons (Fsp3) is 0.314. The van der Waals surface area contributed by atoms with E-state index in [1.165, 1.54) is 33.6 Å². The molecule has 204 valence electrons. The van der Waals surface area contributed by atoms with Crippen molar-refractivity contribution in [2.75, 3.05) is 23.3 Å². The molecule has 4 nitrogen and oxygen atoms in total. The summed E-state index contributed by atoms with van der Waals surface area (Å²) in [7, 11) is 0. The first-order chi connectivity index (χ1) is 19.1. The summed E-state index contributed by atoms with van der Waals surface area (Å²) in [5.74, 6) is 1.96. The summed E-state index contributed by atoms with van der Waals surface area (Å²) in [6.45, 7) is 15.4. The van der Waals surface area contributed by atoms with Gasteiger partial charge in [0.05, 0.1) is 0 Å². The lowest BCUT2D eigenvalue weighted by atomic mass is 9.77. The smallest absolute Gasteiger partial charge is 0.161 e. The van der Waals surface area contributed by atoms with Crippen LogP contribution in [0, 0.1) is 0 Å². The number of nitrogens with zero attached hydrogens (tertiary/aromatic N) is 2. The van der Waals surface area contributed by atoms with Crippen LogP contribution in [0.15, 0.2) is 97.1 Å². The highest BCUT2D eigenvalue weighted by atomic mass is 16.5. The Kier molecular flexibility index (Phi) is 9.19. The maximum absolute atomic E-state index is 6.10. The Bertz CT molecular complexity index is 1230. The number of rotatable bonds is 4. The largest absolute Gasteiger partial charge is 0.473 e. The van der Waals surface area contributed by atoms with E-state index in [4.69, 9.17) is 9.47 Å². The third-order valence-electron chi connectivity index (χ3n) is 7.28. The maximum Gasteiger partial charge on any atom is 0.161 e. The molecule has 0 fully saturated rings. The molecule has 0 bridgehead atoms. The van der Waals surface area contributed by atoms with Crippen molar-refractivity contribution in [3.05, 3.63) is 119 Å². The monoisotopic (exact) mass is 522 g/mol. The molecule has 0 atom stereocenters. The molecule has 0 radical (unpaired) electrons. The minimum atomic E-state index is -0.159. The van der Waals surface area contributed by atoms with E-state index in [0.717, 1.165) is 24.6 Å². The predicted octanol–water partition coefficient (Wildman–Crippen LogP) is 8.78. The molecule has 6 rings (SSSR count). The summed E-state index contributed by atoms with van der Waals surface area (Å²) in [4.78, 5) is 4.54. The molecule has 39 heavy (non-hydrogen) atoms. The summed E-state index contributed by atoms with van der Waals surface area (Å²) in [5, 5.41) is 0. The van der Waals surface area contributed by atoms with Crippen molar-refractivity contribution >= 4 is 11.4 Å². The van der Waals surface area contributed by atoms with E-state index in [9.17, 15) is 0 Å². The van der Waals surface area contributed by atoms with Gasteiger partial charge < -0.3 is 19.3 Å². The zero-order valence-electron chi connectivity index (χ0n) is 24.3. The van der Waals surface area contributed by atoms with Gasteiger partial charge >= 0.3 is 0 Å². The van der Waals surface area contributed by atoms with Gasteiger partial charge in [0.2, 0.25) is 0 Å². The van der Waals surface area contributed by atoms with Crippen LogP contribution >= 0.6 is 0 Å². The lowest BCUT2D eigenvalue weighted by Gasteiger charge is -2.34. The van der Waals surface area contributed by atoms with Gasteiger partial charge in [-0.05, 0) is 59.7 Å². The van der Waals surface area contributed by atoms with E-state index in [-0.39, 0.29) is 5.41 Å². The van der Waals surface area contributed by atoms with Crippen LogP contribution in [-0.4, -0.2) is 13.5 Å². The van der Waals surface area contributed by atoms with Crippen LogP contribution in [0.25, 0.3) is 0 Å². The zero-order valence-corrected chi connectivity index (χ0v) is 24.3. The first-order valence-electron chi connectivity index (χ1n) is 14.2. The third-order valence-corrected chi connectivity index (χ3v) is 7.28. The Balaban J connectivity index is 0.000000845. The predicted molar refractivity (Wildman–Crippen MR) is 164 cm³/mol. The van der Waals surface area contributed by atoms with Gasteiger partial charge in [0.25, 0.3) is 0 Å². The quantitative estimate of drug-likeness (QED) is 0.267. The van der Waals surface area contributed by atoms with Crippen molar-refractivity contribution < 1.29 is 9.47 Å². The molecule has 0 saturated carbocycles. The fourth-order valence-corrected chi connectivity index (χ4v) is 5.04. The second kappa shape index (κ2) is 12.8. The van der Waals surface area contributed by atoms with Crippen LogP contribution in [0.2, 0.25) is 0 Å². The van der Waals surface area contributed by atoms with Gasteiger partial charge in [-0.25, -0.2) is 0 Å². The molecule has 2 aliphatic rings. The minimum absolute atomic E-state index is 0.159. The summed E-state index contributed by atoms with van der Waals surface area (Å²) in [6.07, 6.45) is 0. The first kappa shape index (κ1) is 28.1. The number of hydrogen-bond donors (Lipinski definition) is 0. The van der Waals surface area contributed by atoms with Gasteiger partial charge in [-0.3, -0.25) is 0 Å². The van der Waals surface area contributed by atoms with Gasteiger partial charge in [0.1, 0.15) is 11.5 Å². The molecule has 0 amide bonds. The van der Waals surface area contributed by atoms with Crippen LogP contribution in [0.5, 0.6) is 11.5 Å². The van der Waals surface area contributed by atoms with Gasteiger partial charge in [-0.2, -0.15) is 0 Å². The molecule has 2 heterocycles. The lowest BCUT2D eigenvalue weighted by Crippen LogP contribution is -2.32. The van der Waals surface area contributed by atoms with Crippen molar-refractivity contribution in [3.63, 3.8) is 0 Å². The first-order valence-corrected chi connectivity index (χ1v) is 14.2. The molecule has 0 N–H and O–H groups in total. The Morgan fingerprint density at radius 1 is 0.538 bits per heavy atom. The van der Waals surface area contributed by atoms with Crippen molar-refractivity contribution in [1.82, 2.24) is 0 Å². The minimum Gasteiger partial charge on any atom is -0.473 e. The second-order valence-electron chi connectivity index (χ2n) is 9.88. The highest BCUT2D eigenvalue weighted by molar-refractivity contribution is 5.54. The van der Waals surface area contributed by atoms with Gasteiger partial charge in [0, 0.05) is 41.0 Å². The van der Waals surface area contributed by atoms with E-state index in [0.29, 0.717) is 13.5 Å². The molecule has 0 aliphatic carbocycles. The number of hydrogen-bond acceptors (Lipinski definition) is 4. The molecule has 0 aromatic heterocycles. The van der Waals surface area contributed by atoms with Gasteiger partial charge in [0.15, 0.2) is 13.5 Å². The molecular weight excluding hydrogens is 480 g/mol. The average molecular weight is 523 g/mol. The topological polar surface area (TPSA) is 24.9 Å². The van der Waals surface area contributed by atoms with E-state index in [1.54, 1.807) is 0 Å². The van der Waals surface area contributed by atoms with Crippen LogP contribution in [0.1, 0.15) is 63.8 Å². The van der Waals surface area contributed by atoms with Crippen LogP contribution in [-0.2, 0) is 18.5 Å². The summed E-state index contributed by atoms with van der Waals surface area (Å²) in [5.41, 5.74) is 7.22. The lowest BCUT2D eigenvalue weighted by molar-refractivity contribution is 0.288. The highest BCUT2D eigenvalue weighted by Gasteiger charge is 2.28. The Morgan fingerprint density at radius 3 is 1.31 bits per heavy atom. The average Bonchev–Trinajstić information content (AvgIpc) is 3.02. The summed E-state index contributed by atoms with van der Waals surface area (Å²) in [6, 6.07) is 34.2. The third kappa shape index (κ3) is 6.06. The van der Waals surface area contributed by atoms with Crippen molar-refractivity contribution in [1.29, 1.82) is 0 Å². The number of para-hydroxylation sites is 2. The summed E-state index contributed by atoms with van der Waals surface area (Å²) < 4.78 is 12.2. The molecule has 4 heteroatoms. The Labute approximate surface area is 234 Å². The molecule has 2 aliphatic heterocycles. The number of anilines is 2. The normalized spacial score (nSPS) is 13.8. The highest BCUT2D eigenvalue weighted by Crippen LogP contribution is 2.39. The number of benzene rings is 4. The van der Waals surface area contributed by atoms with E-state index >= 15 is 0 Å². The molecule has 0 saturated heterocycles. The maximum atomic E-state index is 6.10. The standard InChI is InChI=1S/C31H30N2O2.2C2H6/c1-31(2,25-13-15-29-23(17-25)19-32(21-34-29)27-9-5-3-6-10-27)26-14-16-30-24(18-26)20-33(22-35-30)28-11-7-4-8-12-28;2*1-2/h3-18H,19-22H2,1-2H3;2*1-2H3. The van der Waals surface area contributed by atoms with Crippen molar-refractivity contribution in [2.45, 2.75) is 60.0 Å². The van der Waals surface area contributed by atoms with Crippen molar-refractivity contribution in [2.24, 2.45) is 0 Å². The molecular formula is C35H42N2O2. The van der Waals surface area contributed by atoms with Gasteiger partial charge in [-0.1, -0.05) is 90.1 Å². The Morgan fingerprint density at radius 2 is 0.923 bits per heavy atom. The van der Waals surface area contributed by atoms with E-state index in [1.807, 2.05) is 39.8 Å². The number of ether oxygens (including phenoxy) is 2.